The van der Waals surface area contributed by atoms with E-state index < -0.39 is 0 Å². The normalized spacial score (nSPS) is 12.4. The van der Waals surface area contributed by atoms with Gasteiger partial charge < -0.3 is 20.5 Å². The molecule has 0 atom stereocenters. The Bertz CT molecular complexity index is 642. The van der Waals surface area contributed by atoms with Crippen LogP contribution in [0.15, 0.2) is 23.6 Å². The van der Waals surface area contributed by atoms with Crippen molar-refractivity contribution in [1.82, 2.24) is 4.98 Å². The molecule has 104 valence electrons. The number of nitrogens with zero attached hydrogens (tertiary/aromatic N) is 1. The molecule has 2 heterocycles. The van der Waals surface area contributed by atoms with Crippen molar-refractivity contribution < 1.29 is 14.3 Å². The minimum atomic E-state index is -0.247. The van der Waals surface area contributed by atoms with E-state index in [0.29, 0.717) is 35.8 Å². The fourth-order valence-corrected chi connectivity index (χ4v) is 2.62. The summed E-state index contributed by atoms with van der Waals surface area (Å²) in [5, 5.41) is 5.38. The average Bonchev–Trinajstić information content (AvgIpc) is 3.07. The number of hydrogen-bond donors (Lipinski definition) is 2. The van der Waals surface area contributed by atoms with E-state index in [4.69, 9.17) is 15.2 Å². The van der Waals surface area contributed by atoms with Crippen LogP contribution in [0, 0.1) is 0 Å². The number of amides is 1. The molecule has 7 heteroatoms. The van der Waals surface area contributed by atoms with Gasteiger partial charge in [-0.2, -0.15) is 0 Å². The Balaban J connectivity index is 1.71. The van der Waals surface area contributed by atoms with Gasteiger partial charge in [0.2, 0.25) is 6.79 Å². The number of nitrogens with two attached hydrogens (primary N) is 1. The van der Waals surface area contributed by atoms with Gasteiger partial charge in [-0.15, -0.1) is 11.3 Å². The number of anilines is 1. The minimum Gasteiger partial charge on any atom is -0.454 e. The van der Waals surface area contributed by atoms with Gasteiger partial charge in [-0.1, -0.05) is 0 Å². The van der Waals surface area contributed by atoms with E-state index in [9.17, 15) is 4.79 Å². The van der Waals surface area contributed by atoms with E-state index >= 15 is 0 Å². The van der Waals surface area contributed by atoms with Crippen molar-refractivity contribution in [3.05, 3.63) is 34.3 Å². The van der Waals surface area contributed by atoms with Gasteiger partial charge in [0, 0.05) is 23.6 Å². The van der Waals surface area contributed by atoms with E-state index in [0.717, 1.165) is 5.01 Å². The topological polar surface area (TPSA) is 86.5 Å². The molecule has 0 bridgehead atoms. The Morgan fingerprint density at radius 1 is 1.40 bits per heavy atom. The van der Waals surface area contributed by atoms with E-state index in [1.165, 1.54) is 11.3 Å². The summed E-state index contributed by atoms with van der Waals surface area (Å²) < 4.78 is 10.5. The van der Waals surface area contributed by atoms with Crippen molar-refractivity contribution >= 4 is 22.9 Å². The van der Waals surface area contributed by atoms with Crippen LogP contribution in [0.5, 0.6) is 11.5 Å². The SMILES string of the molecule is NCCc1nc(C(=O)Nc2ccc3c(c2)OCO3)cs1. The predicted octanol–water partition coefficient (Wildman–Crippen LogP) is 1.63. The number of carbonyl (C=O) groups excluding carboxylic acids is 1. The van der Waals surface area contributed by atoms with Crippen LogP contribution in [0.25, 0.3) is 0 Å². The van der Waals surface area contributed by atoms with Gasteiger partial charge in [0.1, 0.15) is 5.69 Å². The van der Waals surface area contributed by atoms with Crippen molar-refractivity contribution in [2.24, 2.45) is 5.73 Å². The first-order valence-corrected chi connectivity index (χ1v) is 6.99. The summed E-state index contributed by atoms with van der Waals surface area (Å²) in [7, 11) is 0. The summed E-state index contributed by atoms with van der Waals surface area (Å²) in [5.41, 5.74) is 6.51. The fraction of sp³-hybridized carbons (Fsp3) is 0.231. The van der Waals surface area contributed by atoms with Crippen LogP contribution in [0.2, 0.25) is 0 Å². The maximum Gasteiger partial charge on any atom is 0.275 e. The van der Waals surface area contributed by atoms with Gasteiger partial charge in [-0.3, -0.25) is 4.79 Å². The number of carbonyl (C=O) groups is 1. The maximum atomic E-state index is 12.1. The summed E-state index contributed by atoms with van der Waals surface area (Å²) in [6.45, 7) is 0.734. The molecule has 0 saturated heterocycles. The largest absolute Gasteiger partial charge is 0.454 e. The second-order valence-corrected chi connectivity index (χ2v) is 5.13. The van der Waals surface area contributed by atoms with Gasteiger partial charge in [-0.05, 0) is 18.7 Å². The second kappa shape index (κ2) is 5.48. The molecule has 1 aliphatic rings. The number of ether oxygens (including phenoxy) is 2. The van der Waals surface area contributed by atoms with Crippen LogP contribution in [0.1, 0.15) is 15.5 Å². The lowest BCUT2D eigenvalue weighted by Gasteiger charge is -2.04. The molecule has 1 aliphatic heterocycles. The monoisotopic (exact) mass is 291 g/mol. The van der Waals surface area contributed by atoms with Gasteiger partial charge >= 0.3 is 0 Å². The highest BCUT2D eigenvalue weighted by molar-refractivity contribution is 7.09. The zero-order valence-electron chi connectivity index (χ0n) is 10.6. The molecule has 0 aliphatic carbocycles. The second-order valence-electron chi connectivity index (χ2n) is 4.19. The summed E-state index contributed by atoms with van der Waals surface area (Å²) >= 11 is 1.44. The lowest BCUT2D eigenvalue weighted by Crippen LogP contribution is -2.12. The zero-order valence-corrected chi connectivity index (χ0v) is 11.4. The van der Waals surface area contributed by atoms with Gasteiger partial charge in [0.15, 0.2) is 11.5 Å². The molecule has 0 radical (unpaired) electrons. The highest BCUT2D eigenvalue weighted by Gasteiger charge is 2.15. The first kappa shape index (κ1) is 12.9. The number of aromatic nitrogens is 1. The van der Waals surface area contributed by atoms with Crippen LogP contribution < -0.4 is 20.5 Å². The Kier molecular flexibility index (Phi) is 3.53. The third kappa shape index (κ3) is 2.59. The van der Waals surface area contributed by atoms with Crippen molar-refractivity contribution in [3.8, 4) is 11.5 Å². The van der Waals surface area contributed by atoms with Gasteiger partial charge in [0.05, 0.1) is 5.01 Å². The van der Waals surface area contributed by atoms with Crippen LogP contribution in [-0.2, 0) is 6.42 Å². The Hall–Kier alpha value is -2.12. The summed E-state index contributed by atoms with van der Waals surface area (Å²) in [4.78, 5) is 16.3. The number of hydrogen-bond acceptors (Lipinski definition) is 6. The maximum absolute atomic E-state index is 12.1. The lowest BCUT2D eigenvalue weighted by atomic mass is 10.2. The van der Waals surface area contributed by atoms with Crippen molar-refractivity contribution in [3.63, 3.8) is 0 Å². The molecule has 1 aromatic carbocycles. The molecule has 3 N–H and O–H groups in total. The van der Waals surface area contributed by atoms with Crippen LogP contribution in [-0.4, -0.2) is 24.2 Å². The molecule has 2 aromatic rings. The van der Waals surface area contributed by atoms with E-state index in [2.05, 4.69) is 10.3 Å². The van der Waals surface area contributed by atoms with E-state index in [1.54, 1.807) is 23.6 Å². The molecule has 3 rings (SSSR count). The summed E-state index contributed by atoms with van der Waals surface area (Å²) in [6, 6.07) is 5.25. The molecule has 0 spiro atoms. The number of thiazole rings is 1. The highest BCUT2D eigenvalue weighted by Crippen LogP contribution is 2.34. The zero-order chi connectivity index (χ0) is 13.9. The molecule has 1 aromatic heterocycles. The Morgan fingerprint density at radius 2 is 2.25 bits per heavy atom. The fourth-order valence-electron chi connectivity index (χ4n) is 1.82. The van der Waals surface area contributed by atoms with Gasteiger partial charge in [-0.25, -0.2) is 4.98 Å². The molecule has 1 amide bonds. The van der Waals surface area contributed by atoms with Crippen molar-refractivity contribution in [2.45, 2.75) is 6.42 Å². The summed E-state index contributed by atoms with van der Waals surface area (Å²) in [5.74, 6) is 1.06. The first-order valence-electron chi connectivity index (χ1n) is 6.12. The molecular weight excluding hydrogens is 278 g/mol. The number of nitrogens with one attached hydrogen (secondary N) is 1. The Morgan fingerprint density at radius 3 is 3.10 bits per heavy atom. The molecule has 20 heavy (non-hydrogen) atoms. The standard InChI is InChI=1S/C13H13N3O3S/c14-4-3-12-16-9(6-20-12)13(17)15-8-1-2-10-11(5-8)19-7-18-10/h1-2,5-6H,3-4,7,14H2,(H,15,17). The smallest absolute Gasteiger partial charge is 0.275 e. The van der Waals surface area contributed by atoms with Crippen LogP contribution in [0.4, 0.5) is 5.69 Å². The average molecular weight is 291 g/mol. The van der Waals surface area contributed by atoms with Crippen LogP contribution in [0.3, 0.4) is 0 Å². The van der Waals surface area contributed by atoms with Crippen molar-refractivity contribution in [1.29, 1.82) is 0 Å². The van der Waals surface area contributed by atoms with E-state index in [-0.39, 0.29) is 12.7 Å². The molecule has 0 fully saturated rings. The first-order chi connectivity index (χ1) is 9.76. The van der Waals surface area contributed by atoms with Gasteiger partial charge in [0.25, 0.3) is 5.91 Å². The minimum absolute atomic E-state index is 0.210. The Labute approximate surface area is 119 Å². The quantitative estimate of drug-likeness (QED) is 0.894. The highest BCUT2D eigenvalue weighted by atomic mass is 32.1. The third-order valence-corrected chi connectivity index (χ3v) is 3.68. The number of benzene rings is 1. The number of fused-ring (bicyclic) bond motifs is 1. The van der Waals surface area contributed by atoms with E-state index in [1.807, 2.05) is 0 Å². The third-order valence-electron chi connectivity index (χ3n) is 2.77. The molecule has 0 unspecified atom stereocenters. The lowest BCUT2D eigenvalue weighted by molar-refractivity contribution is 0.102. The molecule has 0 saturated carbocycles. The molecular formula is C13H13N3O3S. The number of rotatable bonds is 4. The van der Waals surface area contributed by atoms with Crippen molar-refractivity contribution in [2.75, 3.05) is 18.7 Å². The summed E-state index contributed by atoms with van der Waals surface area (Å²) in [6.07, 6.45) is 0.683. The van der Waals surface area contributed by atoms with Crippen LogP contribution >= 0.6 is 11.3 Å². The molecule has 6 nitrogen and oxygen atoms in total. The predicted molar refractivity (Wildman–Crippen MR) is 75.4 cm³/mol.